The Morgan fingerprint density at radius 1 is 1.43 bits per heavy atom. The van der Waals surface area contributed by atoms with Crippen LogP contribution in [0.3, 0.4) is 0 Å². The summed E-state index contributed by atoms with van der Waals surface area (Å²) in [6.07, 6.45) is 6.36. The lowest BCUT2D eigenvalue weighted by Gasteiger charge is -2.04. The first-order valence-electron chi connectivity index (χ1n) is 5.37. The first kappa shape index (κ1) is 11.2. The molecule has 80 valence electrons. The van der Waals surface area contributed by atoms with E-state index in [1.807, 2.05) is 24.0 Å². The van der Waals surface area contributed by atoms with Gasteiger partial charge in [0.1, 0.15) is 0 Å². The Morgan fingerprint density at radius 3 is 2.64 bits per heavy atom. The highest BCUT2D eigenvalue weighted by atomic mass is 15.3. The van der Waals surface area contributed by atoms with Crippen molar-refractivity contribution in [1.29, 1.82) is 0 Å². The van der Waals surface area contributed by atoms with Gasteiger partial charge in [0.05, 0.1) is 6.20 Å². The minimum absolute atomic E-state index is 0.0915. The van der Waals surface area contributed by atoms with E-state index in [2.05, 4.69) is 18.9 Å². The van der Waals surface area contributed by atoms with Gasteiger partial charge < -0.3 is 5.73 Å². The third kappa shape index (κ3) is 3.50. The maximum atomic E-state index is 5.75. The molecule has 14 heavy (non-hydrogen) atoms. The van der Waals surface area contributed by atoms with E-state index >= 15 is 0 Å². The van der Waals surface area contributed by atoms with Gasteiger partial charge in [0.15, 0.2) is 0 Å². The lowest BCUT2D eigenvalue weighted by molar-refractivity contribution is 0.489. The van der Waals surface area contributed by atoms with Gasteiger partial charge in [-0.05, 0) is 25.7 Å². The molecule has 0 aliphatic heterocycles. The summed E-state index contributed by atoms with van der Waals surface area (Å²) in [6.45, 7) is 7.48. The van der Waals surface area contributed by atoms with E-state index in [4.69, 9.17) is 5.73 Å². The molecule has 1 rings (SSSR count). The largest absolute Gasteiger partial charge is 0.324 e. The monoisotopic (exact) mass is 195 g/mol. The Bertz CT molecular complexity index is 263. The molecule has 0 aliphatic rings. The highest BCUT2D eigenvalue weighted by Gasteiger charge is 2.02. The fraction of sp³-hybridized carbons (Fsp3) is 0.727. The van der Waals surface area contributed by atoms with Crippen molar-refractivity contribution in [2.75, 3.05) is 0 Å². The molecule has 1 aromatic rings. The van der Waals surface area contributed by atoms with Crippen molar-refractivity contribution < 1.29 is 0 Å². The smallest absolute Gasteiger partial charge is 0.0537 e. The van der Waals surface area contributed by atoms with Crippen LogP contribution in [-0.4, -0.2) is 9.78 Å². The van der Waals surface area contributed by atoms with Gasteiger partial charge in [-0.3, -0.25) is 4.68 Å². The van der Waals surface area contributed by atoms with E-state index in [9.17, 15) is 0 Å². The number of hydrogen-bond donors (Lipinski definition) is 1. The molecule has 0 spiro atoms. The molecule has 1 atom stereocenters. The molecule has 0 amide bonds. The Morgan fingerprint density at radius 2 is 2.14 bits per heavy atom. The number of aromatic nitrogens is 2. The van der Waals surface area contributed by atoms with Crippen LogP contribution in [0.2, 0.25) is 0 Å². The molecule has 1 aromatic heterocycles. The predicted molar refractivity (Wildman–Crippen MR) is 58.9 cm³/mol. The average molecular weight is 195 g/mol. The number of rotatable bonds is 5. The van der Waals surface area contributed by atoms with Crippen molar-refractivity contribution in [2.45, 2.75) is 46.2 Å². The van der Waals surface area contributed by atoms with Crippen molar-refractivity contribution in [3.05, 3.63) is 18.0 Å². The second kappa shape index (κ2) is 5.15. The van der Waals surface area contributed by atoms with Gasteiger partial charge in [-0.25, -0.2) is 0 Å². The number of hydrogen-bond acceptors (Lipinski definition) is 2. The summed E-state index contributed by atoms with van der Waals surface area (Å²) >= 11 is 0. The van der Waals surface area contributed by atoms with E-state index in [1.54, 1.807) is 0 Å². The fourth-order valence-electron chi connectivity index (χ4n) is 1.40. The van der Waals surface area contributed by atoms with Crippen LogP contribution in [0.15, 0.2) is 12.4 Å². The Kier molecular flexibility index (Phi) is 4.14. The molecule has 3 nitrogen and oxygen atoms in total. The van der Waals surface area contributed by atoms with Crippen LogP contribution in [0.5, 0.6) is 0 Å². The third-order valence-electron chi connectivity index (χ3n) is 2.35. The topological polar surface area (TPSA) is 43.8 Å². The van der Waals surface area contributed by atoms with Gasteiger partial charge in [0.25, 0.3) is 0 Å². The third-order valence-corrected chi connectivity index (χ3v) is 2.35. The van der Waals surface area contributed by atoms with Gasteiger partial charge >= 0.3 is 0 Å². The highest BCUT2D eigenvalue weighted by Crippen LogP contribution is 2.09. The zero-order valence-electron chi connectivity index (χ0n) is 9.40. The minimum Gasteiger partial charge on any atom is -0.324 e. The van der Waals surface area contributed by atoms with Gasteiger partial charge in [-0.15, -0.1) is 0 Å². The Labute approximate surface area is 86.3 Å². The summed E-state index contributed by atoms with van der Waals surface area (Å²) in [5.74, 6) is 0.776. The molecule has 3 heteroatoms. The van der Waals surface area contributed by atoms with Crippen molar-refractivity contribution in [3.8, 4) is 0 Å². The van der Waals surface area contributed by atoms with Crippen LogP contribution in [0.25, 0.3) is 0 Å². The molecule has 0 radical (unpaired) electrons. The van der Waals surface area contributed by atoms with Crippen LogP contribution in [0.4, 0.5) is 0 Å². The molecule has 0 fully saturated rings. The highest BCUT2D eigenvalue weighted by molar-refractivity contribution is 5.07. The summed E-state index contributed by atoms with van der Waals surface area (Å²) < 4.78 is 1.99. The van der Waals surface area contributed by atoms with Gasteiger partial charge in [0.2, 0.25) is 0 Å². The molecule has 0 saturated carbocycles. The zero-order valence-corrected chi connectivity index (χ0v) is 9.40. The zero-order chi connectivity index (χ0) is 10.6. The summed E-state index contributed by atoms with van der Waals surface area (Å²) in [5, 5.41) is 4.27. The van der Waals surface area contributed by atoms with E-state index in [0.29, 0.717) is 0 Å². The maximum Gasteiger partial charge on any atom is 0.0537 e. The molecule has 0 bridgehead atoms. The standard InChI is InChI=1S/C11H21N3/c1-9(2)5-4-6-14-8-11(7-13-14)10(3)12/h7-10H,4-6,12H2,1-3H3. The van der Waals surface area contributed by atoms with Crippen LogP contribution >= 0.6 is 0 Å². The van der Waals surface area contributed by atoms with E-state index in [1.165, 1.54) is 12.8 Å². The maximum absolute atomic E-state index is 5.75. The van der Waals surface area contributed by atoms with E-state index in [0.717, 1.165) is 18.0 Å². The predicted octanol–water partition coefficient (Wildman–Crippen LogP) is 2.34. The van der Waals surface area contributed by atoms with Crippen LogP contribution in [0.1, 0.15) is 45.2 Å². The van der Waals surface area contributed by atoms with Crippen LogP contribution in [0, 0.1) is 5.92 Å². The molecular weight excluding hydrogens is 174 g/mol. The lowest BCUT2D eigenvalue weighted by Crippen LogP contribution is -2.04. The number of aryl methyl sites for hydroxylation is 1. The van der Waals surface area contributed by atoms with Crippen molar-refractivity contribution in [2.24, 2.45) is 11.7 Å². The fourth-order valence-corrected chi connectivity index (χ4v) is 1.40. The number of nitrogens with two attached hydrogens (primary N) is 1. The molecule has 0 aromatic carbocycles. The lowest BCUT2D eigenvalue weighted by atomic mass is 10.1. The summed E-state index contributed by atoms with van der Waals surface area (Å²) in [7, 11) is 0. The van der Waals surface area contributed by atoms with Crippen LogP contribution in [-0.2, 0) is 6.54 Å². The Balaban J connectivity index is 2.36. The molecule has 1 heterocycles. The summed E-state index contributed by atoms with van der Waals surface area (Å²) in [4.78, 5) is 0. The average Bonchev–Trinajstić information content (AvgIpc) is 2.52. The quantitative estimate of drug-likeness (QED) is 0.783. The second-order valence-electron chi connectivity index (χ2n) is 4.36. The number of nitrogens with zero attached hydrogens (tertiary/aromatic N) is 2. The van der Waals surface area contributed by atoms with Crippen molar-refractivity contribution in [3.63, 3.8) is 0 Å². The Hall–Kier alpha value is -0.830. The van der Waals surface area contributed by atoms with Crippen molar-refractivity contribution >= 4 is 0 Å². The minimum atomic E-state index is 0.0915. The summed E-state index contributed by atoms with van der Waals surface area (Å²) in [6, 6.07) is 0.0915. The van der Waals surface area contributed by atoms with Gasteiger partial charge in [0, 0.05) is 24.3 Å². The first-order valence-corrected chi connectivity index (χ1v) is 5.37. The first-order chi connectivity index (χ1) is 6.59. The molecule has 2 N–H and O–H groups in total. The van der Waals surface area contributed by atoms with Gasteiger partial charge in [-0.1, -0.05) is 13.8 Å². The SMILES string of the molecule is CC(C)CCCn1cc(C(C)N)cn1. The van der Waals surface area contributed by atoms with E-state index in [-0.39, 0.29) is 6.04 Å². The normalized spacial score (nSPS) is 13.5. The molecule has 1 unspecified atom stereocenters. The molecule has 0 saturated heterocycles. The molecular formula is C11H21N3. The second-order valence-corrected chi connectivity index (χ2v) is 4.36. The van der Waals surface area contributed by atoms with Crippen LogP contribution < -0.4 is 5.73 Å². The van der Waals surface area contributed by atoms with E-state index < -0.39 is 0 Å². The summed E-state index contributed by atoms with van der Waals surface area (Å²) in [5.41, 5.74) is 6.87. The molecule has 0 aliphatic carbocycles. The van der Waals surface area contributed by atoms with Crippen molar-refractivity contribution in [1.82, 2.24) is 9.78 Å². The van der Waals surface area contributed by atoms with Gasteiger partial charge in [-0.2, -0.15) is 5.10 Å².